The van der Waals surface area contributed by atoms with Gasteiger partial charge in [0.15, 0.2) is 0 Å². The number of halogens is 4. The van der Waals surface area contributed by atoms with Crippen molar-refractivity contribution in [2.75, 3.05) is 20.3 Å². The van der Waals surface area contributed by atoms with Crippen molar-refractivity contribution >= 4 is 23.7 Å². The molecular formula is C27H23ClF3NO7. The van der Waals surface area contributed by atoms with Crippen molar-refractivity contribution in [3.8, 4) is 23.0 Å². The molecule has 206 valence electrons. The molecule has 0 saturated heterocycles. The van der Waals surface area contributed by atoms with E-state index in [4.69, 9.17) is 35.7 Å². The number of nitrogens with one attached hydrogen (secondary N) is 1. The topological polar surface area (TPSA) is 103 Å². The summed E-state index contributed by atoms with van der Waals surface area (Å²) in [6.45, 7) is 0.442. The van der Waals surface area contributed by atoms with E-state index < -0.39 is 24.0 Å². The maximum absolute atomic E-state index is 12.9. The minimum absolute atomic E-state index is 0.0942. The van der Waals surface area contributed by atoms with Crippen molar-refractivity contribution < 1.29 is 46.8 Å². The standard InChI is InChI=1S/C27H23ClF3NO7/c1-36-22-12-17(27(29,30)31)5-2-15(22)8-10-32-25(33)16-3-6-18(7-4-16)38-24-14-23-19(13-20(24)28)21(9-11-37-23)39-26(34)35/h2-7,12-14,21H,8-11H2,1H3,(H,32,33)(H,34,35). The lowest BCUT2D eigenvalue weighted by Crippen LogP contribution is -2.25. The van der Waals surface area contributed by atoms with E-state index >= 15 is 0 Å². The van der Waals surface area contributed by atoms with Crippen LogP contribution >= 0.6 is 11.6 Å². The molecule has 1 amide bonds. The monoisotopic (exact) mass is 565 g/mol. The summed E-state index contributed by atoms with van der Waals surface area (Å²) in [7, 11) is 1.29. The van der Waals surface area contributed by atoms with Crippen LogP contribution in [0.2, 0.25) is 5.02 Å². The van der Waals surface area contributed by atoms with E-state index in [0.29, 0.717) is 34.6 Å². The highest BCUT2D eigenvalue weighted by Crippen LogP contribution is 2.42. The van der Waals surface area contributed by atoms with E-state index in [1.54, 1.807) is 30.3 Å². The van der Waals surface area contributed by atoms with Gasteiger partial charge in [-0.3, -0.25) is 4.79 Å². The summed E-state index contributed by atoms with van der Waals surface area (Å²) < 4.78 is 60.1. The minimum atomic E-state index is -4.48. The van der Waals surface area contributed by atoms with Gasteiger partial charge in [-0.25, -0.2) is 4.79 Å². The molecule has 1 unspecified atom stereocenters. The Balaban J connectivity index is 1.36. The molecule has 8 nitrogen and oxygen atoms in total. The van der Waals surface area contributed by atoms with E-state index in [2.05, 4.69) is 5.32 Å². The highest BCUT2D eigenvalue weighted by molar-refractivity contribution is 6.32. The van der Waals surface area contributed by atoms with Gasteiger partial charge in [-0.1, -0.05) is 17.7 Å². The number of carbonyl (C=O) groups is 2. The zero-order chi connectivity index (χ0) is 28.2. The second-order valence-electron chi connectivity index (χ2n) is 8.49. The van der Waals surface area contributed by atoms with E-state index in [1.807, 2.05) is 0 Å². The Hall–Kier alpha value is -4.12. The summed E-state index contributed by atoms with van der Waals surface area (Å²) in [4.78, 5) is 23.5. The number of methoxy groups -OCH3 is 1. The molecule has 3 aromatic rings. The lowest BCUT2D eigenvalue weighted by atomic mass is 10.0. The second-order valence-corrected chi connectivity index (χ2v) is 8.89. The number of amides is 1. The molecule has 0 aromatic heterocycles. The quantitative estimate of drug-likeness (QED) is 0.295. The Morgan fingerprint density at radius 3 is 2.51 bits per heavy atom. The minimum Gasteiger partial charge on any atom is -0.496 e. The van der Waals surface area contributed by atoms with Crippen LogP contribution < -0.4 is 19.5 Å². The maximum atomic E-state index is 12.9. The van der Waals surface area contributed by atoms with Crippen LogP contribution in [0.1, 0.15) is 39.6 Å². The van der Waals surface area contributed by atoms with Crippen LogP contribution in [0.3, 0.4) is 0 Å². The van der Waals surface area contributed by atoms with E-state index in [-0.39, 0.29) is 42.0 Å². The molecular weight excluding hydrogens is 543 g/mol. The summed E-state index contributed by atoms with van der Waals surface area (Å²) in [5.41, 5.74) is 0.563. The first-order valence-corrected chi connectivity index (χ1v) is 12.1. The first-order valence-electron chi connectivity index (χ1n) is 11.7. The van der Waals surface area contributed by atoms with Crippen molar-refractivity contribution in [2.24, 2.45) is 0 Å². The van der Waals surface area contributed by atoms with Gasteiger partial charge in [0.1, 0.15) is 29.1 Å². The molecule has 39 heavy (non-hydrogen) atoms. The van der Waals surface area contributed by atoms with Gasteiger partial charge < -0.3 is 29.4 Å². The van der Waals surface area contributed by atoms with Gasteiger partial charge in [0, 0.05) is 30.2 Å². The molecule has 0 fully saturated rings. The maximum Gasteiger partial charge on any atom is 0.506 e. The lowest BCUT2D eigenvalue weighted by molar-refractivity contribution is -0.137. The third-order valence-corrected chi connectivity index (χ3v) is 6.23. The molecule has 0 radical (unpaired) electrons. The van der Waals surface area contributed by atoms with Gasteiger partial charge in [-0.2, -0.15) is 13.2 Å². The average molecular weight is 566 g/mol. The molecule has 4 rings (SSSR count). The van der Waals surface area contributed by atoms with Gasteiger partial charge in [-0.15, -0.1) is 0 Å². The number of ether oxygens (including phenoxy) is 4. The number of alkyl halides is 3. The SMILES string of the molecule is COc1cc(C(F)(F)F)ccc1CCNC(=O)c1ccc(Oc2cc3c(cc2Cl)C(OC(=O)O)CCO3)cc1. The van der Waals surface area contributed by atoms with E-state index in [9.17, 15) is 22.8 Å². The fraction of sp³-hybridized carbons (Fsp3) is 0.259. The van der Waals surface area contributed by atoms with Crippen molar-refractivity contribution in [3.63, 3.8) is 0 Å². The Morgan fingerprint density at radius 2 is 1.85 bits per heavy atom. The molecule has 12 heteroatoms. The Kier molecular flexibility index (Phi) is 8.39. The van der Waals surface area contributed by atoms with Crippen LogP contribution in [0.5, 0.6) is 23.0 Å². The summed E-state index contributed by atoms with van der Waals surface area (Å²) >= 11 is 6.34. The average Bonchev–Trinajstić information content (AvgIpc) is 2.89. The summed E-state index contributed by atoms with van der Waals surface area (Å²) in [6, 6.07) is 12.5. The van der Waals surface area contributed by atoms with Gasteiger partial charge >= 0.3 is 12.3 Å². The predicted octanol–water partition coefficient (Wildman–Crippen LogP) is 6.65. The van der Waals surface area contributed by atoms with Crippen LogP contribution in [0, 0.1) is 0 Å². The van der Waals surface area contributed by atoms with Crippen LogP contribution in [-0.2, 0) is 17.3 Å². The Bertz CT molecular complexity index is 1360. The largest absolute Gasteiger partial charge is 0.506 e. The van der Waals surface area contributed by atoms with Gasteiger partial charge in [0.25, 0.3) is 5.91 Å². The molecule has 0 bridgehead atoms. The number of hydrogen-bond acceptors (Lipinski definition) is 6. The van der Waals surface area contributed by atoms with E-state index in [1.165, 1.54) is 19.2 Å². The first-order chi connectivity index (χ1) is 18.5. The molecule has 0 spiro atoms. The number of rotatable bonds is 8. The first kappa shape index (κ1) is 27.9. The summed E-state index contributed by atoms with van der Waals surface area (Å²) in [6.07, 6.45) is -5.94. The molecule has 1 aliphatic rings. The van der Waals surface area contributed by atoms with Crippen LogP contribution in [0.25, 0.3) is 0 Å². The van der Waals surface area contributed by atoms with Gasteiger partial charge in [0.2, 0.25) is 0 Å². The second kappa shape index (κ2) is 11.7. The Labute approximate surface area is 226 Å². The van der Waals surface area contributed by atoms with Crippen molar-refractivity contribution in [3.05, 3.63) is 81.9 Å². The predicted molar refractivity (Wildman–Crippen MR) is 134 cm³/mol. The molecule has 1 atom stereocenters. The highest BCUT2D eigenvalue weighted by atomic mass is 35.5. The number of benzene rings is 3. The number of fused-ring (bicyclic) bond motifs is 1. The summed E-state index contributed by atoms with van der Waals surface area (Å²) in [5, 5.41) is 11.9. The van der Waals surface area contributed by atoms with Crippen molar-refractivity contribution in [2.45, 2.75) is 25.1 Å². The summed E-state index contributed by atoms with van der Waals surface area (Å²) in [5.74, 6) is 0.771. The number of hydrogen-bond donors (Lipinski definition) is 2. The normalized spacial score (nSPS) is 14.5. The molecule has 2 N–H and O–H groups in total. The zero-order valence-corrected chi connectivity index (χ0v) is 21.3. The van der Waals surface area contributed by atoms with E-state index in [0.717, 1.165) is 12.1 Å². The van der Waals surface area contributed by atoms with Crippen molar-refractivity contribution in [1.82, 2.24) is 5.32 Å². The molecule has 3 aromatic carbocycles. The fourth-order valence-electron chi connectivity index (χ4n) is 4.02. The third kappa shape index (κ3) is 6.85. The van der Waals surface area contributed by atoms with Gasteiger partial charge in [0.05, 0.1) is 24.3 Å². The van der Waals surface area contributed by atoms with Crippen molar-refractivity contribution in [1.29, 1.82) is 0 Å². The molecule has 0 aliphatic carbocycles. The number of carboxylic acid groups (broad SMARTS) is 1. The number of carbonyl (C=O) groups excluding carboxylic acids is 1. The fourth-order valence-corrected chi connectivity index (χ4v) is 4.23. The molecule has 1 heterocycles. The highest BCUT2D eigenvalue weighted by Gasteiger charge is 2.31. The van der Waals surface area contributed by atoms with Gasteiger partial charge in [-0.05, 0) is 54.4 Å². The zero-order valence-electron chi connectivity index (χ0n) is 20.5. The van der Waals surface area contributed by atoms with Crippen LogP contribution in [0.4, 0.5) is 18.0 Å². The van der Waals surface area contributed by atoms with Crippen LogP contribution in [0.15, 0.2) is 54.6 Å². The lowest BCUT2D eigenvalue weighted by Gasteiger charge is -2.25. The third-order valence-electron chi connectivity index (χ3n) is 5.93. The molecule has 0 saturated carbocycles. The smallest absolute Gasteiger partial charge is 0.496 e. The van der Waals surface area contributed by atoms with Crippen LogP contribution in [-0.4, -0.2) is 37.4 Å². The molecule has 1 aliphatic heterocycles. The Morgan fingerprint density at radius 1 is 1.10 bits per heavy atom.